The van der Waals surface area contributed by atoms with Gasteiger partial charge in [-0.3, -0.25) is 9.59 Å². The summed E-state index contributed by atoms with van der Waals surface area (Å²) in [5, 5.41) is 8.61. The molecule has 1 amide bonds. The first-order valence-corrected chi connectivity index (χ1v) is 5.12. The Morgan fingerprint density at radius 1 is 1.67 bits per heavy atom. The van der Waals surface area contributed by atoms with Crippen LogP contribution in [0.5, 0.6) is 0 Å². The van der Waals surface area contributed by atoms with Gasteiger partial charge in [-0.05, 0) is 12.3 Å². The highest BCUT2D eigenvalue weighted by molar-refractivity contribution is 5.79. The molecule has 0 radical (unpaired) electrons. The zero-order valence-corrected chi connectivity index (χ0v) is 8.94. The first kappa shape index (κ1) is 12.0. The number of carbonyl (C=O) groups excluding carboxylic acids is 1. The molecule has 1 N–H and O–H groups in total. The van der Waals surface area contributed by atoms with Crippen LogP contribution in [0.15, 0.2) is 0 Å². The lowest BCUT2D eigenvalue weighted by atomic mass is 10.1. The van der Waals surface area contributed by atoms with Gasteiger partial charge in [0.2, 0.25) is 5.91 Å². The van der Waals surface area contributed by atoms with Crippen LogP contribution in [0.4, 0.5) is 0 Å². The van der Waals surface area contributed by atoms with Gasteiger partial charge in [0.1, 0.15) is 0 Å². The molecule has 0 bridgehead atoms. The number of carboxylic acids is 1. The van der Waals surface area contributed by atoms with Crippen LogP contribution in [-0.2, 0) is 14.3 Å². The lowest BCUT2D eigenvalue weighted by molar-refractivity contribution is -0.138. The summed E-state index contributed by atoms with van der Waals surface area (Å²) in [6.45, 7) is 1.88. The molecular weight excluding hydrogens is 198 g/mol. The molecule has 1 aliphatic heterocycles. The lowest BCUT2D eigenvalue weighted by Gasteiger charge is -2.15. The van der Waals surface area contributed by atoms with Crippen molar-refractivity contribution in [3.8, 4) is 0 Å². The Morgan fingerprint density at radius 3 is 3.00 bits per heavy atom. The molecule has 1 atom stereocenters. The van der Waals surface area contributed by atoms with Crippen molar-refractivity contribution in [3.63, 3.8) is 0 Å². The van der Waals surface area contributed by atoms with Crippen molar-refractivity contribution in [1.82, 2.24) is 4.90 Å². The summed E-state index contributed by atoms with van der Waals surface area (Å²) in [6.07, 6.45) is 1.27. The number of hydrogen-bond donors (Lipinski definition) is 1. The van der Waals surface area contributed by atoms with Crippen molar-refractivity contribution < 1.29 is 19.4 Å². The van der Waals surface area contributed by atoms with Crippen molar-refractivity contribution in [2.75, 3.05) is 26.8 Å². The highest BCUT2D eigenvalue weighted by Gasteiger charge is 2.30. The van der Waals surface area contributed by atoms with E-state index in [1.54, 1.807) is 12.0 Å². The maximum Gasteiger partial charge on any atom is 0.303 e. The number of nitrogens with zero attached hydrogens (tertiary/aromatic N) is 1. The number of methoxy groups -OCH3 is 1. The third-order valence-corrected chi connectivity index (χ3v) is 2.53. The van der Waals surface area contributed by atoms with Gasteiger partial charge in [-0.15, -0.1) is 0 Å². The van der Waals surface area contributed by atoms with Gasteiger partial charge in [-0.2, -0.15) is 0 Å². The average Bonchev–Trinajstić information content (AvgIpc) is 2.46. The third-order valence-electron chi connectivity index (χ3n) is 2.53. The molecular formula is C10H17NO4. The van der Waals surface area contributed by atoms with E-state index in [1.807, 2.05) is 0 Å². The van der Waals surface area contributed by atoms with Crippen molar-refractivity contribution >= 4 is 11.9 Å². The van der Waals surface area contributed by atoms with Gasteiger partial charge >= 0.3 is 5.97 Å². The zero-order chi connectivity index (χ0) is 11.3. The van der Waals surface area contributed by atoms with Crippen molar-refractivity contribution in [3.05, 3.63) is 0 Å². The Bertz CT molecular complexity index is 242. The summed E-state index contributed by atoms with van der Waals surface area (Å²) in [4.78, 5) is 23.7. The van der Waals surface area contributed by atoms with Crippen LogP contribution < -0.4 is 0 Å². The molecule has 1 rings (SSSR count). The first-order chi connectivity index (χ1) is 7.13. The molecule has 0 aliphatic carbocycles. The van der Waals surface area contributed by atoms with Crippen LogP contribution >= 0.6 is 0 Å². The molecule has 1 aliphatic rings. The number of hydrogen-bond acceptors (Lipinski definition) is 3. The molecule has 0 aromatic carbocycles. The maximum atomic E-state index is 11.5. The molecule has 0 spiro atoms. The van der Waals surface area contributed by atoms with E-state index < -0.39 is 5.97 Å². The Morgan fingerprint density at radius 2 is 2.40 bits per heavy atom. The Balaban J connectivity index is 2.29. The van der Waals surface area contributed by atoms with Crippen molar-refractivity contribution in [1.29, 1.82) is 0 Å². The summed E-state index contributed by atoms with van der Waals surface area (Å²) >= 11 is 0. The van der Waals surface area contributed by atoms with Crippen LogP contribution in [0, 0.1) is 5.92 Å². The van der Waals surface area contributed by atoms with E-state index in [0.717, 1.165) is 6.42 Å². The second kappa shape index (κ2) is 5.70. The smallest absolute Gasteiger partial charge is 0.303 e. The topological polar surface area (TPSA) is 66.8 Å². The maximum absolute atomic E-state index is 11.5. The molecule has 0 aromatic rings. The van der Waals surface area contributed by atoms with Gasteiger partial charge in [-0.25, -0.2) is 0 Å². The van der Waals surface area contributed by atoms with Gasteiger partial charge < -0.3 is 14.7 Å². The second-order valence-electron chi connectivity index (χ2n) is 3.85. The minimum Gasteiger partial charge on any atom is -0.481 e. The van der Waals surface area contributed by atoms with Crippen LogP contribution in [0.2, 0.25) is 0 Å². The molecule has 15 heavy (non-hydrogen) atoms. The second-order valence-corrected chi connectivity index (χ2v) is 3.85. The summed E-state index contributed by atoms with van der Waals surface area (Å²) < 4.78 is 4.90. The highest BCUT2D eigenvalue weighted by Crippen LogP contribution is 2.20. The third kappa shape index (κ3) is 3.87. The molecule has 5 heteroatoms. The normalized spacial score (nSPS) is 21.0. The molecule has 1 fully saturated rings. The van der Waals surface area contributed by atoms with Gasteiger partial charge in [0.25, 0.3) is 0 Å². The number of rotatable bonds is 6. The average molecular weight is 215 g/mol. The lowest BCUT2D eigenvalue weighted by Crippen LogP contribution is -2.27. The summed E-state index contributed by atoms with van der Waals surface area (Å²) in [7, 11) is 1.62. The van der Waals surface area contributed by atoms with Gasteiger partial charge in [-0.1, -0.05) is 0 Å². The van der Waals surface area contributed by atoms with E-state index in [1.165, 1.54) is 0 Å². The van der Waals surface area contributed by atoms with E-state index in [-0.39, 0.29) is 18.2 Å². The van der Waals surface area contributed by atoms with Crippen LogP contribution in [0.1, 0.15) is 19.3 Å². The fourth-order valence-corrected chi connectivity index (χ4v) is 1.85. The number of aliphatic carboxylic acids is 1. The molecule has 1 heterocycles. The van der Waals surface area contributed by atoms with Crippen LogP contribution in [-0.4, -0.2) is 48.7 Å². The molecule has 5 nitrogen and oxygen atoms in total. The molecule has 1 saturated heterocycles. The van der Waals surface area contributed by atoms with E-state index in [2.05, 4.69) is 0 Å². The Hall–Kier alpha value is -1.10. The zero-order valence-electron chi connectivity index (χ0n) is 8.94. The number of likely N-dealkylation sites (tertiary alicyclic amines) is 1. The first-order valence-electron chi connectivity index (χ1n) is 5.12. The summed E-state index contributed by atoms with van der Waals surface area (Å²) in [6, 6.07) is 0. The quantitative estimate of drug-likeness (QED) is 0.649. The van der Waals surface area contributed by atoms with Crippen LogP contribution in [0.3, 0.4) is 0 Å². The van der Waals surface area contributed by atoms with E-state index in [9.17, 15) is 9.59 Å². The molecule has 86 valence electrons. The number of ether oxygens (including phenoxy) is 1. The van der Waals surface area contributed by atoms with E-state index >= 15 is 0 Å². The number of carboxylic acid groups (broad SMARTS) is 1. The van der Waals surface area contributed by atoms with Crippen molar-refractivity contribution in [2.45, 2.75) is 19.3 Å². The van der Waals surface area contributed by atoms with Crippen molar-refractivity contribution in [2.24, 2.45) is 5.92 Å². The SMILES string of the molecule is COCCCN1CC(CC(=O)O)CC1=O. The predicted molar refractivity (Wildman–Crippen MR) is 53.4 cm³/mol. The van der Waals surface area contributed by atoms with E-state index in [4.69, 9.17) is 9.84 Å². The van der Waals surface area contributed by atoms with Gasteiger partial charge in [0.05, 0.1) is 6.42 Å². The summed E-state index contributed by atoms with van der Waals surface area (Å²) in [5.74, 6) is -0.776. The Labute approximate surface area is 89.0 Å². The standard InChI is InChI=1S/C10H17NO4/c1-15-4-2-3-11-7-8(5-9(11)12)6-10(13)14/h8H,2-7H2,1H3,(H,13,14). The van der Waals surface area contributed by atoms with Crippen LogP contribution in [0.25, 0.3) is 0 Å². The fourth-order valence-electron chi connectivity index (χ4n) is 1.85. The summed E-state index contributed by atoms with van der Waals surface area (Å²) in [5.41, 5.74) is 0. The predicted octanol–water partition coefficient (Wildman–Crippen LogP) is 0.346. The number of amides is 1. The van der Waals surface area contributed by atoms with E-state index in [0.29, 0.717) is 26.1 Å². The monoisotopic (exact) mass is 215 g/mol. The minimum atomic E-state index is -0.827. The van der Waals surface area contributed by atoms with Gasteiger partial charge in [0, 0.05) is 33.2 Å². The highest BCUT2D eigenvalue weighted by atomic mass is 16.5. The fraction of sp³-hybridized carbons (Fsp3) is 0.800. The Kier molecular flexibility index (Phi) is 4.55. The largest absolute Gasteiger partial charge is 0.481 e. The minimum absolute atomic E-state index is 0.0162. The molecule has 0 aromatic heterocycles. The molecule has 0 saturated carbocycles. The van der Waals surface area contributed by atoms with Gasteiger partial charge in [0.15, 0.2) is 0 Å². The molecule has 1 unspecified atom stereocenters. The number of carbonyl (C=O) groups is 2.